The van der Waals surface area contributed by atoms with Gasteiger partial charge in [-0.05, 0) is 27.8 Å². The van der Waals surface area contributed by atoms with Crippen LogP contribution < -0.4 is 5.32 Å². The van der Waals surface area contributed by atoms with Gasteiger partial charge in [-0.25, -0.2) is 0 Å². The lowest BCUT2D eigenvalue weighted by molar-refractivity contribution is -0.153. The molecule has 0 saturated carbocycles. The van der Waals surface area contributed by atoms with Gasteiger partial charge < -0.3 is 24.3 Å². The zero-order chi connectivity index (χ0) is 32.4. The molecule has 0 bridgehead atoms. The number of benzene rings is 5. The van der Waals surface area contributed by atoms with Crippen LogP contribution in [0.5, 0.6) is 0 Å². The summed E-state index contributed by atoms with van der Waals surface area (Å²) in [6, 6.07) is 50.9. The second kappa shape index (κ2) is 19.3. The molecule has 5 rings (SSSR count). The minimum atomic E-state index is -0.506. The van der Waals surface area contributed by atoms with Crippen molar-refractivity contribution in [3.63, 3.8) is 0 Å². The topological polar surface area (TPSA) is 49.0 Å². The summed E-state index contributed by atoms with van der Waals surface area (Å²) in [6.07, 6.45) is 0.400. The Balaban J connectivity index is 1.45. The van der Waals surface area contributed by atoms with Gasteiger partial charge in [-0.2, -0.15) is 0 Å². The second-order valence-corrected chi connectivity index (χ2v) is 11.5. The zero-order valence-corrected chi connectivity index (χ0v) is 26.9. The van der Waals surface area contributed by atoms with Gasteiger partial charge in [0.05, 0.1) is 39.1 Å². The molecule has 0 unspecified atom stereocenters. The summed E-state index contributed by atoms with van der Waals surface area (Å²) in [5, 5.41) is 3.77. The SMILES string of the molecule is C=C[C@H](OCc1ccccc1)[C@@H](OCc1ccccc1)[C@@H](OCc1ccccc1)[C@@H](COCc1ccccc1)NCc1ccccc1. The third kappa shape index (κ3) is 11.4. The van der Waals surface area contributed by atoms with Gasteiger partial charge in [-0.1, -0.05) is 158 Å². The van der Waals surface area contributed by atoms with Crippen LogP contribution >= 0.6 is 0 Å². The Morgan fingerprint density at radius 1 is 0.468 bits per heavy atom. The van der Waals surface area contributed by atoms with Crippen molar-refractivity contribution >= 4 is 0 Å². The van der Waals surface area contributed by atoms with Crippen LogP contribution in [0.25, 0.3) is 0 Å². The maximum absolute atomic E-state index is 6.87. The minimum Gasteiger partial charge on any atom is -0.375 e. The lowest BCUT2D eigenvalue weighted by Gasteiger charge is -2.37. The number of hydrogen-bond acceptors (Lipinski definition) is 5. The molecular weight excluding hydrogens is 582 g/mol. The van der Waals surface area contributed by atoms with Crippen molar-refractivity contribution in [2.75, 3.05) is 6.61 Å². The van der Waals surface area contributed by atoms with E-state index < -0.39 is 18.3 Å². The first-order valence-electron chi connectivity index (χ1n) is 16.3. The summed E-state index contributed by atoms with van der Waals surface area (Å²) < 4.78 is 26.6. The Morgan fingerprint density at radius 3 is 1.30 bits per heavy atom. The molecule has 0 aliphatic carbocycles. The minimum absolute atomic E-state index is 0.244. The van der Waals surface area contributed by atoms with E-state index in [1.807, 2.05) is 84.9 Å². The molecular formula is C42H45NO4. The highest BCUT2D eigenvalue weighted by Gasteiger charge is 2.37. The molecule has 5 aromatic rings. The van der Waals surface area contributed by atoms with Gasteiger partial charge in [0.1, 0.15) is 18.3 Å². The maximum atomic E-state index is 6.87. The summed E-state index contributed by atoms with van der Waals surface area (Å²) in [4.78, 5) is 0. The van der Waals surface area contributed by atoms with E-state index in [-0.39, 0.29) is 6.04 Å². The molecule has 0 radical (unpaired) electrons. The van der Waals surface area contributed by atoms with E-state index in [2.05, 4.69) is 84.7 Å². The molecule has 0 fully saturated rings. The van der Waals surface area contributed by atoms with Crippen LogP contribution in [-0.2, 0) is 51.9 Å². The van der Waals surface area contributed by atoms with E-state index in [1.54, 1.807) is 0 Å². The molecule has 5 heteroatoms. The third-order valence-corrected chi connectivity index (χ3v) is 7.95. The summed E-state index contributed by atoms with van der Waals surface area (Å²) in [6.45, 7) is 6.93. The number of hydrogen-bond donors (Lipinski definition) is 1. The molecule has 47 heavy (non-hydrogen) atoms. The van der Waals surface area contributed by atoms with Gasteiger partial charge in [0.25, 0.3) is 0 Å². The molecule has 5 nitrogen and oxygen atoms in total. The van der Waals surface area contributed by atoms with Gasteiger partial charge in [-0.3, -0.25) is 0 Å². The molecule has 4 atom stereocenters. The van der Waals surface area contributed by atoms with Crippen LogP contribution in [0, 0.1) is 0 Å². The standard InChI is InChI=1S/C42H45NO4/c1-2-40(45-30-36-22-12-5-13-23-36)42(47-32-38-26-16-7-17-27-38)41(46-31-37-24-14-6-15-25-37)39(43-28-34-18-8-3-9-19-34)33-44-29-35-20-10-4-11-21-35/h2-27,39-43H,1,28-33H2/t39-,40+,41+,42-/m1/s1. The lowest BCUT2D eigenvalue weighted by Crippen LogP contribution is -2.54. The van der Waals surface area contributed by atoms with Crippen molar-refractivity contribution in [3.05, 3.63) is 192 Å². The van der Waals surface area contributed by atoms with Crippen molar-refractivity contribution in [2.45, 2.75) is 57.3 Å². The van der Waals surface area contributed by atoms with Gasteiger partial charge in [0, 0.05) is 6.54 Å². The second-order valence-electron chi connectivity index (χ2n) is 11.5. The molecule has 1 N–H and O–H groups in total. The number of rotatable bonds is 20. The Labute approximate surface area is 279 Å². The summed E-state index contributed by atoms with van der Waals surface area (Å²) in [5.41, 5.74) is 5.51. The number of ether oxygens (including phenoxy) is 4. The molecule has 242 valence electrons. The largest absolute Gasteiger partial charge is 0.375 e. The van der Waals surface area contributed by atoms with E-state index in [1.165, 1.54) is 5.56 Å². The van der Waals surface area contributed by atoms with Crippen LogP contribution in [0.15, 0.2) is 164 Å². The fourth-order valence-electron chi connectivity index (χ4n) is 5.41. The predicted octanol–water partition coefficient (Wildman–Crippen LogP) is 8.30. The van der Waals surface area contributed by atoms with Gasteiger partial charge in [0.2, 0.25) is 0 Å². The molecule has 0 saturated heterocycles. The predicted molar refractivity (Wildman–Crippen MR) is 188 cm³/mol. The lowest BCUT2D eigenvalue weighted by atomic mass is 9.99. The van der Waals surface area contributed by atoms with Crippen molar-refractivity contribution in [3.8, 4) is 0 Å². The van der Waals surface area contributed by atoms with Gasteiger partial charge >= 0.3 is 0 Å². The third-order valence-electron chi connectivity index (χ3n) is 7.95. The quantitative estimate of drug-likeness (QED) is 0.0880. The van der Waals surface area contributed by atoms with E-state index in [4.69, 9.17) is 18.9 Å². The zero-order valence-electron chi connectivity index (χ0n) is 26.9. The van der Waals surface area contributed by atoms with Crippen LogP contribution in [0.1, 0.15) is 27.8 Å². The summed E-state index contributed by atoms with van der Waals surface area (Å²) in [7, 11) is 0. The van der Waals surface area contributed by atoms with Crippen molar-refractivity contribution in [1.82, 2.24) is 5.32 Å². The van der Waals surface area contributed by atoms with Crippen LogP contribution in [0.3, 0.4) is 0 Å². The first-order chi connectivity index (χ1) is 23.3. The van der Waals surface area contributed by atoms with Crippen LogP contribution in [0.2, 0.25) is 0 Å². The first kappa shape index (κ1) is 34.0. The highest BCUT2D eigenvalue weighted by Crippen LogP contribution is 2.23. The van der Waals surface area contributed by atoms with Crippen molar-refractivity contribution in [1.29, 1.82) is 0 Å². The normalized spacial score (nSPS) is 13.8. The molecule has 0 aliphatic rings. The van der Waals surface area contributed by atoms with Crippen LogP contribution in [0.4, 0.5) is 0 Å². The Hall–Kier alpha value is -4.36. The molecule has 0 aliphatic heterocycles. The van der Waals surface area contributed by atoms with E-state index in [9.17, 15) is 0 Å². The van der Waals surface area contributed by atoms with Gasteiger partial charge in [-0.15, -0.1) is 6.58 Å². The number of nitrogens with one attached hydrogen (secondary N) is 1. The van der Waals surface area contributed by atoms with E-state index in [0.29, 0.717) is 39.6 Å². The monoisotopic (exact) mass is 627 g/mol. The highest BCUT2D eigenvalue weighted by atomic mass is 16.6. The Morgan fingerprint density at radius 2 is 0.851 bits per heavy atom. The summed E-state index contributed by atoms with van der Waals surface area (Å²) >= 11 is 0. The molecule has 5 aromatic carbocycles. The molecule has 0 aromatic heterocycles. The smallest absolute Gasteiger partial charge is 0.115 e. The van der Waals surface area contributed by atoms with Crippen LogP contribution in [-0.4, -0.2) is 31.0 Å². The Kier molecular flexibility index (Phi) is 14.0. The van der Waals surface area contributed by atoms with E-state index >= 15 is 0 Å². The molecule has 0 amide bonds. The van der Waals surface area contributed by atoms with E-state index in [0.717, 1.165) is 22.3 Å². The fourth-order valence-corrected chi connectivity index (χ4v) is 5.41. The fraction of sp³-hybridized carbons (Fsp3) is 0.238. The summed E-state index contributed by atoms with van der Waals surface area (Å²) in [5.74, 6) is 0. The average Bonchev–Trinajstić information content (AvgIpc) is 3.14. The molecule has 0 spiro atoms. The van der Waals surface area contributed by atoms with Gasteiger partial charge in [0.15, 0.2) is 0 Å². The molecule has 0 heterocycles. The van der Waals surface area contributed by atoms with Crippen molar-refractivity contribution in [2.24, 2.45) is 0 Å². The van der Waals surface area contributed by atoms with Crippen molar-refractivity contribution < 1.29 is 18.9 Å². The Bertz CT molecular complexity index is 1530. The maximum Gasteiger partial charge on any atom is 0.115 e. The average molecular weight is 628 g/mol. The highest BCUT2D eigenvalue weighted by molar-refractivity contribution is 5.18. The first-order valence-corrected chi connectivity index (χ1v) is 16.3.